The zero-order valence-corrected chi connectivity index (χ0v) is 23.1. The molecule has 1 saturated heterocycles. The Morgan fingerprint density at radius 2 is 1.81 bits per heavy atom. The Kier molecular flexibility index (Phi) is 8.26. The second-order valence-corrected chi connectivity index (χ2v) is 12.3. The largest absolute Gasteiger partial charge is 0.444 e. The van der Waals surface area contributed by atoms with Gasteiger partial charge in [-0.3, -0.25) is 9.69 Å². The van der Waals surface area contributed by atoms with Crippen molar-refractivity contribution in [2.75, 3.05) is 30.0 Å². The Morgan fingerprint density at radius 1 is 1.14 bits per heavy atom. The average molecular weight is 541 g/mol. The second-order valence-electron chi connectivity index (χ2n) is 11.3. The van der Waals surface area contributed by atoms with Gasteiger partial charge in [0.1, 0.15) is 17.8 Å². The third-order valence-electron chi connectivity index (χ3n) is 5.76. The Balaban J connectivity index is 1.84. The number of hydrogen-bond acceptors (Lipinski definition) is 6. The second kappa shape index (κ2) is 10.6. The lowest BCUT2D eigenvalue weighted by Gasteiger charge is -2.28. The molecule has 0 saturated carbocycles. The van der Waals surface area contributed by atoms with E-state index >= 15 is 0 Å². The number of aromatic nitrogens is 1. The summed E-state index contributed by atoms with van der Waals surface area (Å²) in [5.41, 5.74) is 1.54. The highest BCUT2D eigenvalue weighted by Gasteiger charge is 2.33. The number of rotatable bonds is 5. The summed E-state index contributed by atoms with van der Waals surface area (Å²) in [4.78, 5) is 31.9. The number of benzene rings is 1. The van der Waals surface area contributed by atoms with Crippen LogP contribution in [0.4, 0.5) is 23.7 Å². The fraction of sp³-hybridized carbons (Fsp3) is 0.577. The van der Waals surface area contributed by atoms with Gasteiger partial charge in [0.15, 0.2) is 0 Å². The van der Waals surface area contributed by atoms with E-state index in [4.69, 9.17) is 4.74 Å². The van der Waals surface area contributed by atoms with Crippen molar-refractivity contribution in [3.63, 3.8) is 0 Å². The van der Waals surface area contributed by atoms with Crippen LogP contribution in [0.25, 0.3) is 10.9 Å². The maximum atomic E-state index is 13.1. The number of hydrogen-bond donors (Lipinski definition) is 2. The first-order valence-corrected chi connectivity index (χ1v) is 13.2. The molecule has 7 nitrogen and oxygen atoms in total. The van der Waals surface area contributed by atoms with Gasteiger partial charge in [0.05, 0.1) is 17.4 Å². The number of nitrogens with one attached hydrogen (secondary N) is 2. The van der Waals surface area contributed by atoms with Crippen LogP contribution >= 0.6 is 11.8 Å². The molecule has 204 valence electrons. The SMILES string of the molecule is Cc1cc(C(=O)NC[C@@H]2CSCN2C(=O)OC(C)(C)C)nc2c(C(C)(C)C)cc(NCC(F)(F)F)cc12. The Labute approximate surface area is 219 Å². The zero-order chi connectivity index (χ0) is 27.8. The Bertz CT molecular complexity index is 1170. The van der Waals surface area contributed by atoms with Crippen LogP contribution < -0.4 is 10.6 Å². The number of carbonyl (C=O) groups is 2. The molecule has 0 bridgehead atoms. The molecular weight excluding hydrogens is 505 g/mol. The predicted molar refractivity (Wildman–Crippen MR) is 141 cm³/mol. The Morgan fingerprint density at radius 3 is 2.41 bits per heavy atom. The lowest BCUT2D eigenvalue weighted by atomic mass is 9.84. The molecule has 0 unspecified atom stereocenters. The average Bonchev–Trinajstić information content (AvgIpc) is 3.22. The van der Waals surface area contributed by atoms with E-state index in [0.717, 1.165) is 11.1 Å². The smallest absolute Gasteiger partial charge is 0.411 e. The highest BCUT2D eigenvalue weighted by molar-refractivity contribution is 7.99. The quantitative estimate of drug-likeness (QED) is 0.495. The summed E-state index contributed by atoms with van der Waals surface area (Å²) in [5, 5.41) is 6.02. The molecule has 11 heteroatoms. The van der Waals surface area contributed by atoms with Gasteiger partial charge >= 0.3 is 12.3 Å². The zero-order valence-electron chi connectivity index (χ0n) is 22.3. The van der Waals surface area contributed by atoms with E-state index in [1.807, 2.05) is 20.8 Å². The fourth-order valence-corrected chi connectivity index (χ4v) is 5.15. The minimum absolute atomic E-state index is 0.209. The van der Waals surface area contributed by atoms with Crippen LogP contribution in [0.5, 0.6) is 0 Å². The van der Waals surface area contributed by atoms with Crippen LogP contribution in [0.15, 0.2) is 18.2 Å². The number of halogens is 3. The molecular formula is C26H35F3N4O3S. The molecule has 1 fully saturated rings. The first kappa shape index (κ1) is 28.9. The van der Waals surface area contributed by atoms with Gasteiger partial charge in [-0.15, -0.1) is 11.8 Å². The molecule has 1 atom stereocenters. The van der Waals surface area contributed by atoms with Crippen molar-refractivity contribution < 1.29 is 27.5 Å². The summed E-state index contributed by atoms with van der Waals surface area (Å²) in [6.07, 6.45) is -4.76. The highest BCUT2D eigenvalue weighted by atomic mass is 32.2. The highest BCUT2D eigenvalue weighted by Crippen LogP contribution is 2.34. The van der Waals surface area contributed by atoms with E-state index < -0.39 is 29.8 Å². The van der Waals surface area contributed by atoms with E-state index in [-0.39, 0.29) is 24.2 Å². The van der Waals surface area contributed by atoms with Gasteiger partial charge in [-0.25, -0.2) is 9.78 Å². The van der Waals surface area contributed by atoms with Crippen molar-refractivity contribution >= 4 is 40.4 Å². The molecule has 0 spiro atoms. The number of pyridine rings is 1. The van der Waals surface area contributed by atoms with Crippen molar-refractivity contribution in [3.05, 3.63) is 35.0 Å². The van der Waals surface area contributed by atoms with E-state index in [9.17, 15) is 22.8 Å². The normalized spacial score (nSPS) is 16.7. The number of thioether (sulfide) groups is 1. The van der Waals surface area contributed by atoms with Crippen LogP contribution in [0, 0.1) is 6.92 Å². The maximum Gasteiger partial charge on any atom is 0.411 e. The summed E-state index contributed by atoms with van der Waals surface area (Å²) in [5.74, 6) is 0.777. The fourth-order valence-electron chi connectivity index (χ4n) is 3.96. The van der Waals surface area contributed by atoms with Crippen molar-refractivity contribution in [1.82, 2.24) is 15.2 Å². The maximum absolute atomic E-state index is 13.1. The molecule has 2 aromatic rings. The Hall–Kier alpha value is -2.69. The number of alkyl halides is 3. The van der Waals surface area contributed by atoms with Gasteiger partial charge in [-0.1, -0.05) is 20.8 Å². The summed E-state index contributed by atoms with van der Waals surface area (Å²) < 4.78 is 43.8. The number of amides is 2. The minimum Gasteiger partial charge on any atom is -0.444 e. The van der Waals surface area contributed by atoms with Gasteiger partial charge < -0.3 is 15.4 Å². The van der Waals surface area contributed by atoms with Crippen molar-refractivity contribution in [1.29, 1.82) is 0 Å². The molecule has 0 radical (unpaired) electrons. The molecule has 1 aromatic heterocycles. The summed E-state index contributed by atoms with van der Waals surface area (Å²) in [6.45, 7) is 12.2. The monoisotopic (exact) mass is 540 g/mol. The van der Waals surface area contributed by atoms with Crippen LogP contribution in [-0.2, 0) is 10.2 Å². The third-order valence-corrected chi connectivity index (χ3v) is 6.84. The van der Waals surface area contributed by atoms with E-state index in [1.54, 1.807) is 62.6 Å². The van der Waals surface area contributed by atoms with E-state index in [0.29, 0.717) is 28.2 Å². The van der Waals surface area contributed by atoms with Gasteiger partial charge in [-0.05, 0) is 62.4 Å². The number of carbonyl (C=O) groups excluding carboxylic acids is 2. The summed E-state index contributed by atoms with van der Waals surface area (Å²) in [7, 11) is 0. The van der Waals surface area contributed by atoms with Gasteiger partial charge in [0.2, 0.25) is 0 Å². The van der Waals surface area contributed by atoms with Crippen molar-refractivity contribution in [3.8, 4) is 0 Å². The van der Waals surface area contributed by atoms with Gasteiger partial charge in [0.25, 0.3) is 5.91 Å². The summed E-state index contributed by atoms with van der Waals surface area (Å²) in [6, 6.07) is 4.72. The molecule has 0 aliphatic carbocycles. The van der Waals surface area contributed by atoms with Crippen LogP contribution in [-0.4, -0.2) is 64.4 Å². The topological polar surface area (TPSA) is 83.6 Å². The van der Waals surface area contributed by atoms with Crippen molar-refractivity contribution in [2.24, 2.45) is 0 Å². The van der Waals surface area contributed by atoms with Crippen molar-refractivity contribution in [2.45, 2.75) is 71.7 Å². The predicted octanol–water partition coefficient (Wildman–Crippen LogP) is 5.85. The van der Waals surface area contributed by atoms with E-state index in [1.165, 1.54) is 0 Å². The lowest BCUT2D eigenvalue weighted by Crippen LogP contribution is -2.46. The molecule has 1 aromatic carbocycles. The molecule has 2 amide bonds. The lowest BCUT2D eigenvalue weighted by molar-refractivity contribution is -0.115. The molecule has 1 aliphatic rings. The number of ether oxygens (including phenoxy) is 1. The molecule has 2 N–H and O–H groups in total. The minimum atomic E-state index is -4.34. The molecule has 2 heterocycles. The van der Waals surface area contributed by atoms with Gasteiger partial charge in [-0.2, -0.15) is 13.2 Å². The number of fused-ring (bicyclic) bond motifs is 1. The summed E-state index contributed by atoms with van der Waals surface area (Å²) >= 11 is 1.59. The van der Waals surface area contributed by atoms with Crippen LogP contribution in [0.3, 0.4) is 0 Å². The first-order valence-electron chi connectivity index (χ1n) is 12.1. The molecule has 3 rings (SSSR count). The first-order chi connectivity index (χ1) is 16.9. The van der Waals surface area contributed by atoms with Crippen LogP contribution in [0.1, 0.15) is 63.2 Å². The molecule has 1 aliphatic heterocycles. The number of nitrogens with zero attached hydrogens (tertiary/aromatic N) is 2. The third kappa shape index (κ3) is 7.66. The van der Waals surface area contributed by atoms with Crippen LogP contribution in [0.2, 0.25) is 0 Å². The number of anilines is 1. The molecule has 37 heavy (non-hydrogen) atoms. The standard InChI is InChI=1S/C26H35F3N4O3S/c1-15-8-20(22(34)30-11-17-12-37-14-33(17)23(35)36-25(5,6)7)32-21-18(15)9-16(31-13-26(27,28)29)10-19(21)24(2,3)4/h8-10,17,31H,11-14H2,1-7H3,(H,30,34)/t17-/m1/s1. The van der Waals surface area contributed by atoms with E-state index in [2.05, 4.69) is 15.6 Å². The van der Waals surface area contributed by atoms with Gasteiger partial charge in [0, 0.05) is 23.4 Å². The number of aryl methyl sites for hydroxylation is 1.